The zero-order valence-electron chi connectivity index (χ0n) is 11.3. The predicted molar refractivity (Wildman–Crippen MR) is 76.6 cm³/mol. The Labute approximate surface area is 112 Å². The molecule has 2 N–H and O–H groups in total. The smallest absolute Gasteiger partial charge is 0.167 e. The van der Waals surface area contributed by atoms with Gasteiger partial charge in [0.05, 0.1) is 18.5 Å². The van der Waals surface area contributed by atoms with Gasteiger partial charge in [0, 0.05) is 24.9 Å². The van der Waals surface area contributed by atoms with Gasteiger partial charge in [0.1, 0.15) is 0 Å². The lowest BCUT2D eigenvalue weighted by molar-refractivity contribution is 0.387. The summed E-state index contributed by atoms with van der Waals surface area (Å²) in [7, 11) is 3.32. The molecule has 0 saturated carbocycles. The zero-order chi connectivity index (χ0) is 14.0. The third kappa shape index (κ3) is 2.62. The Hall–Kier alpha value is -2.23. The molecule has 2 aromatic carbocycles. The topological polar surface area (TPSA) is 38.5 Å². The Morgan fingerprint density at radius 1 is 1.21 bits per heavy atom. The van der Waals surface area contributed by atoms with E-state index < -0.39 is 5.82 Å². The van der Waals surface area contributed by atoms with E-state index in [0.29, 0.717) is 11.4 Å². The fourth-order valence-electron chi connectivity index (χ4n) is 1.98. The van der Waals surface area contributed by atoms with Crippen molar-refractivity contribution in [3.8, 4) is 5.75 Å². The van der Waals surface area contributed by atoms with Crippen molar-refractivity contribution >= 4 is 17.1 Å². The van der Waals surface area contributed by atoms with Gasteiger partial charge in [0.2, 0.25) is 0 Å². The minimum absolute atomic E-state index is 0.184. The van der Waals surface area contributed by atoms with Gasteiger partial charge < -0.3 is 15.4 Å². The summed E-state index contributed by atoms with van der Waals surface area (Å²) in [6.07, 6.45) is 0. The molecule has 4 heteroatoms. The largest absolute Gasteiger partial charge is 0.494 e. The van der Waals surface area contributed by atoms with Crippen molar-refractivity contribution in [2.45, 2.75) is 6.92 Å². The average molecular weight is 260 g/mol. The van der Waals surface area contributed by atoms with E-state index in [4.69, 9.17) is 10.5 Å². The maximum Gasteiger partial charge on any atom is 0.167 e. The second kappa shape index (κ2) is 5.18. The van der Waals surface area contributed by atoms with Crippen molar-refractivity contribution in [3.05, 3.63) is 47.8 Å². The van der Waals surface area contributed by atoms with Crippen molar-refractivity contribution < 1.29 is 9.13 Å². The molecule has 0 unspecified atom stereocenters. The van der Waals surface area contributed by atoms with E-state index in [-0.39, 0.29) is 5.75 Å². The second-order valence-electron chi connectivity index (χ2n) is 4.44. The van der Waals surface area contributed by atoms with Gasteiger partial charge in [-0.1, -0.05) is 12.1 Å². The predicted octanol–water partition coefficient (Wildman–Crippen LogP) is 3.49. The molecular weight excluding hydrogens is 243 g/mol. The molecule has 0 amide bonds. The number of nitrogens with two attached hydrogens (primary N) is 1. The van der Waals surface area contributed by atoms with Crippen molar-refractivity contribution in [3.63, 3.8) is 0 Å². The number of anilines is 3. The van der Waals surface area contributed by atoms with Crippen LogP contribution in [0.3, 0.4) is 0 Å². The molecule has 3 nitrogen and oxygen atoms in total. The first-order chi connectivity index (χ1) is 9.02. The van der Waals surface area contributed by atoms with Crippen molar-refractivity contribution in [1.29, 1.82) is 0 Å². The lowest BCUT2D eigenvalue weighted by Crippen LogP contribution is -2.12. The number of methoxy groups -OCH3 is 1. The van der Waals surface area contributed by atoms with Gasteiger partial charge >= 0.3 is 0 Å². The number of ether oxygens (including phenoxy) is 1. The van der Waals surface area contributed by atoms with Crippen LogP contribution in [0.4, 0.5) is 21.5 Å². The summed E-state index contributed by atoms with van der Waals surface area (Å²) in [5.74, 6) is -0.273. The van der Waals surface area contributed by atoms with Crippen molar-refractivity contribution in [2.75, 3.05) is 24.8 Å². The molecule has 2 aromatic rings. The number of nitrogens with zero attached hydrogens (tertiary/aromatic N) is 1. The number of hydrogen-bond acceptors (Lipinski definition) is 3. The van der Waals surface area contributed by atoms with Crippen molar-refractivity contribution in [2.24, 2.45) is 0 Å². The normalized spacial score (nSPS) is 10.3. The first-order valence-electron chi connectivity index (χ1n) is 5.96. The number of hydrogen-bond donors (Lipinski definition) is 1. The van der Waals surface area contributed by atoms with Gasteiger partial charge in [-0.3, -0.25) is 0 Å². The first-order valence-corrected chi connectivity index (χ1v) is 5.96. The lowest BCUT2D eigenvalue weighted by atomic mass is 10.1. The van der Waals surface area contributed by atoms with E-state index in [0.717, 1.165) is 11.3 Å². The minimum Gasteiger partial charge on any atom is -0.494 e. The van der Waals surface area contributed by atoms with Gasteiger partial charge in [-0.05, 0) is 24.6 Å². The Kier molecular flexibility index (Phi) is 3.60. The van der Waals surface area contributed by atoms with Gasteiger partial charge in [-0.2, -0.15) is 0 Å². The zero-order valence-corrected chi connectivity index (χ0v) is 11.3. The maximum absolute atomic E-state index is 13.5. The highest BCUT2D eigenvalue weighted by molar-refractivity contribution is 5.76. The van der Waals surface area contributed by atoms with Crippen LogP contribution in [0.5, 0.6) is 5.75 Å². The van der Waals surface area contributed by atoms with E-state index >= 15 is 0 Å². The first kappa shape index (κ1) is 13.2. The summed E-state index contributed by atoms with van der Waals surface area (Å²) in [6.45, 7) is 2.02. The lowest BCUT2D eigenvalue weighted by Gasteiger charge is -2.22. The summed E-state index contributed by atoms with van der Waals surface area (Å²) in [5, 5.41) is 0. The molecular formula is C15H17FN2O. The van der Waals surface area contributed by atoms with Gasteiger partial charge in [0.15, 0.2) is 11.6 Å². The molecule has 0 fully saturated rings. The molecule has 0 aliphatic rings. The Morgan fingerprint density at radius 2 is 1.95 bits per heavy atom. The number of aryl methyl sites for hydroxylation is 1. The van der Waals surface area contributed by atoms with E-state index in [1.54, 1.807) is 6.07 Å². The van der Waals surface area contributed by atoms with Crippen LogP contribution in [-0.2, 0) is 0 Å². The Bertz CT molecular complexity index is 599. The number of halogens is 1. The molecule has 0 bridgehead atoms. The summed E-state index contributed by atoms with van der Waals surface area (Å²) < 4.78 is 18.5. The highest BCUT2D eigenvalue weighted by Crippen LogP contribution is 2.34. The summed E-state index contributed by atoms with van der Waals surface area (Å²) in [6, 6.07) is 10.9. The number of benzene rings is 2. The third-order valence-electron chi connectivity index (χ3n) is 3.05. The van der Waals surface area contributed by atoms with Gasteiger partial charge in [-0.15, -0.1) is 0 Å². The molecule has 0 aromatic heterocycles. The molecule has 0 atom stereocenters. The van der Waals surface area contributed by atoms with Crippen LogP contribution >= 0.6 is 0 Å². The minimum atomic E-state index is -0.457. The molecule has 0 saturated heterocycles. The fraction of sp³-hybridized carbons (Fsp3) is 0.200. The third-order valence-corrected chi connectivity index (χ3v) is 3.05. The summed E-state index contributed by atoms with van der Waals surface area (Å²) >= 11 is 0. The van der Waals surface area contributed by atoms with Crippen molar-refractivity contribution in [1.82, 2.24) is 0 Å². The fourth-order valence-corrected chi connectivity index (χ4v) is 1.98. The van der Waals surface area contributed by atoms with E-state index in [1.165, 1.54) is 13.2 Å². The van der Waals surface area contributed by atoms with Crippen LogP contribution in [0.1, 0.15) is 5.56 Å². The molecule has 0 spiro atoms. The van der Waals surface area contributed by atoms with E-state index in [2.05, 4.69) is 0 Å². The number of rotatable bonds is 3. The molecule has 0 aliphatic heterocycles. The van der Waals surface area contributed by atoms with E-state index in [1.807, 2.05) is 43.1 Å². The molecule has 0 heterocycles. The van der Waals surface area contributed by atoms with Gasteiger partial charge in [0.25, 0.3) is 0 Å². The van der Waals surface area contributed by atoms with Crippen LogP contribution < -0.4 is 15.4 Å². The van der Waals surface area contributed by atoms with Crippen LogP contribution in [0.25, 0.3) is 0 Å². The van der Waals surface area contributed by atoms with Crippen LogP contribution in [-0.4, -0.2) is 14.2 Å². The maximum atomic E-state index is 13.5. The summed E-state index contributed by atoms with van der Waals surface area (Å²) in [5.41, 5.74) is 9.11. The monoisotopic (exact) mass is 260 g/mol. The highest BCUT2D eigenvalue weighted by atomic mass is 19.1. The van der Waals surface area contributed by atoms with Crippen LogP contribution in [0, 0.1) is 12.7 Å². The molecule has 2 rings (SSSR count). The number of nitrogen functional groups attached to an aromatic ring is 1. The molecule has 100 valence electrons. The van der Waals surface area contributed by atoms with Crippen LogP contribution in [0.2, 0.25) is 0 Å². The average Bonchev–Trinajstić information content (AvgIpc) is 2.38. The summed E-state index contributed by atoms with van der Waals surface area (Å²) in [4.78, 5) is 1.91. The standard InChI is InChI=1S/C15H17FN2O/c1-10-5-4-6-11(7-10)18(2)14-9-15(19-3)12(16)8-13(14)17/h4-9H,17H2,1-3H3. The SMILES string of the molecule is COc1cc(N(C)c2cccc(C)c2)c(N)cc1F. The van der Waals surface area contributed by atoms with Gasteiger partial charge in [-0.25, -0.2) is 4.39 Å². The quantitative estimate of drug-likeness (QED) is 0.858. The van der Waals surface area contributed by atoms with Crippen LogP contribution in [0.15, 0.2) is 36.4 Å². The molecule has 19 heavy (non-hydrogen) atoms. The molecule has 0 aliphatic carbocycles. The Balaban J connectivity index is 2.46. The Morgan fingerprint density at radius 3 is 2.58 bits per heavy atom. The highest BCUT2D eigenvalue weighted by Gasteiger charge is 2.13. The molecule has 0 radical (unpaired) electrons. The van der Waals surface area contributed by atoms with E-state index in [9.17, 15) is 4.39 Å². The second-order valence-corrected chi connectivity index (χ2v) is 4.44.